The first-order valence-electron chi connectivity index (χ1n) is 11.1. The summed E-state index contributed by atoms with van der Waals surface area (Å²) in [7, 11) is 0. The van der Waals surface area contributed by atoms with Crippen LogP contribution >= 0.6 is 0 Å². The van der Waals surface area contributed by atoms with E-state index in [1.807, 2.05) is 75.4 Å². The second kappa shape index (κ2) is 8.62. The molecule has 1 atom stereocenters. The molecule has 1 heterocycles. The summed E-state index contributed by atoms with van der Waals surface area (Å²) in [6.45, 7) is 10.4. The molecule has 0 bridgehead atoms. The van der Waals surface area contributed by atoms with E-state index >= 15 is 0 Å². The lowest BCUT2D eigenvalue weighted by atomic mass is 9.95. The number of piperazine rings is 1. The predicted molar refractivity (Wildman–Crippen MR) is 130 cm³/mol. The SMILES string of the molecule is Cc1ccc(N2CC(=O)N(c3ccc(C)c(C)c3)[C@H](c3ccc(C(C)C)cc3)C2=O)cc1. The maximum Gasteiger partial charge on any atom is 0.255 e. The van der Waals surface area contributed by atoms with E-state index < -0.39 is 6.04 Å². The van der Waals surface area contributed by atoms with Crippen molar-refractivity contribution in [3.63, 3.8) is 0 Å². The average Bonchev–Trinajstić information content (AvgIpc) is 2.77. The zero-order chi connectivity index (χ0) is 23.0. The third-order valence-electron chi connectivity index (χ3n) is 6.35. The van der Waals surface area contributed by atoms with Crippen molar-refractivity contribution in [2.24, 2.45) is 0 Å². The Hall–Kier alpha value is -3.40. The Labute approximate surface area is 190 Å². The van der Waals surface area contributed by atoms with E-state index in [4.69, 9.17) is 0 Å². The van der Waals surface area contributed by atoms with E-state index in [2.05, 4.69) is 26.0 Å². The second-order valence-electron chi connectivity index (χ2n) is 9.02. The lowest BCUT2D eigenvalue weighted by molar-refractivity contribution is -0.128. The molecule has 0 N–H and O–H groups in total. The predicted octanol–water partition coefficient (Wildman–Crippen LogP) is 5.86. The molecule has 0 saturated carbocycles. The van der Waals surface area contributed by atoms with Crippen molar-refractivity contribution in [2.45, 2.75) is 46.6 Å². The first-order chi connectivity index (χ1) is 15.3. The van der Waals surface area contributed by atoms with Gasteiger partial charge in [-0.05, 0) is 73.2 Å². The van der Waals surface area contributed by atoms with Crippen molar-refractivity contribution in [3.05, 3.63) is 94.5 Å². The summed E-state index contributed by atoms with van der Waals surface area (Å²) in [6.07, 6.45) is 0. The van der Waals surface area contributed by atoms with E-state index in [9.17, 15) is 9.59 Å². The van der Waals surface area contributed by atoms with Crippen LogP contribution in [0.15, 0.2) is 66.7 Å². The molecule has 0 aromatic heterocycles. The number of aryl methyl sites for hydroxylation is 3. The minimum absolute atomic E-state index is 0.0232. The standard InChI is InChI=1S/C28H30N2O2/c1-18(2)22-9-11-23(12-10-22)27-28(32)29(24-13-6-19(3)7-14-24)17-26(31)30(27)25-15-8-20(4)21(5)16-25/h6-16,18,27H,17H2,1-5H3/t27-/m1/s1. The average molecular weight is 427 g/mol. The van der Waals surface area contributed by atoms with Crippen LogP contribution < -0.4 is 9.80 Å². The number of anilines is 2. The zero-order valence-corrected chi connectivity index (χ0v) is 19.4. The maximum absolute atomic E-state index is 13.8. The van der Waals surface area contributed by atoms with E-state index in [1.165, 1.54) is 5.56 Å². The number of hydrogen-bond acceptors (Lipinski definition) is 2. The number of carbonyl (C=O) groups excluding carboxylic acids is 2. The third-order valence-corrected chi connectivity index (χ3v) is 6.35. The minimum atomic E-state index is -0.708. The fourth-order valence-electron chi connectivity index (χ4n) is 4.16. The normalized spacial score (nSPS) is 16.8. The van der Waals surface area contributed by atoms with E-state index in [0.29, 0.717) is 5.92 Å². The molecule has 2 amide bonds. The summed E-state index contributed by atoms with van der Waals surface area (Å²) in [5, 5.41) is 0. The van der Waals surface area contributed by atoms with Crippen molar-refractivity contribution < 1.29 is 9.59 Å². The molecule has 1 saturated heterocycles. The number of carbonyl (C=O) groups is 2. The van der Waals surface area contributed by atoms with Gasteiger partial charge in [-0.25, -0.2) is 0 Å². The van der Waals surface area contributed by atoms with Crippen LogP contribution in [0.25, 0.3) is 0 Å². The van der Waals surface area contributed by atoms with Gasteiger partial charge in [0.05, 0.1) is 0 Å². The molecular formula is C28H30N2O2. The molecule has 3 aromatic carbocycles. The fourth-order valence-corrected chi connectivity index (χ4v) is 4.16. The van der Waals surface area contributed by atoms with Gasteiger partial charge < -0.3 is 4.90 Å². The Morgan fingerprint density at radius 3 is 2.00 bits per heavy atom. The van der Waals surface area contributed by atoms with Gasteiger partial charge in [0.2, 0.25) is 5.91 Å². The molecule has 0 aliphatic carbocycles. The molecule has 1 aliphatic rings. The highest BCUT2D eigenvalue weighted by atomic mass is 16.2. The summed E-state index contributed by atoms with van der Waals surface area (Å²) in [4.78, 5) is 30.6. The van der Waals surface area contributed by atoms with E-state index in [1.54, 1.807) is 9.80 Å². The van der Waals surface area contributed by atoms with Crippen molar-refractivity contribution >= 4 is 23.2 Å². The van der Waals surface area contributed by atoms with Crippen LogP contribution in [-0.4, -0.2) is 18.4 Å². The molecule has 3 aromatic rings. The molecule has 0 unspecified atom stereocenters. The highest BCUT2D eigenvalue weighted by molar-refractivity contribution is 6.14. The van der Waals surface area contributed by atoms with Gasteiger partial charge in [0.15, 0.2) is 0 Å². The molecule has 1 aliphatic heterocycles. The number of benzene rings is 3. The second-order valence-corrected chi connectivity index (χ2v) is 9.02. The Kier molecular flexibility index (Phi) is 5.88. The number of amides is 2. The smallest absolute Gasteiger partial charge is 0.255 e. The topological polar surface area (TPSA) is 40.6 Å². The van der Waals surface area contributed by atoms with Crippen molar-refractivity contribution in [2.75, 3.05) is 16.3 Å². The van der Waals surface area contributed by atoms with Gasteiger partial charge in [-0.3, -0.25) is 14.5 Å². The Bertz CT molecular complexity index is 1150. The lowest BCUT2D eigenvalue weighted by Crippen LogP contribution is -2.56. The van der Waals surface area contributed by atoms with Crippen LogP contribution in [0.2, 0.25) is 0 Å². The molecule has 0 spiro atoms. The highest BCUT2D eigenvalue weighted by Gasteiger charge is 2.41. The molecule has 32 heavy (non-hydrogen) atoms. The fraction of sp³-hybridized carbons (Fsp3) is 0.286. The van der Waals surface area contributed by atoms with Crippen LogP contribution in [0.3, 0.4) is 0 Å². The lowest BCUT2D eigenvalue weighted by Gasteiger charge is -2.40. The highest BCUT2D eigenvalue weighted by Crippen LogP contribution is 2.35. The van der Waals surface area contributed by atoms with Crippen LogP contribution in [0.5, 0.6) is 0 Å². The Morgan fingerprint density at radius 2 is 1.41 bits per heavy atom. The first-order valence-corrected chi connectivity index (χ1v) is 11.1. The summed E-state index contributed by atoms with van der Waals surface area (Å²) in [5.41, 5.74) is 6.90. The zero-order valence-electron chi connectivity index (χ0n) is 19.4. The summed E-state index contributed by atoms with van der Waals surface area (Å²) >= 11 is 0. The van der Waals surface area contributed by atoms with Gasteiger partial charge in [0.1, 0.15) is 12.6 Å². The molecule has 4 nitrogen and oxygen atoms in total. The Morgan fingerprint density at radius 1 is 0.781 bits per heavy atom. The maximum atomic E-state index is 13.8. The Balaban J connectivity index is 1.81. The van der Waals surface area contributed by atoms with Gasteiger partial charge in [-0.1, -0.05) is 61.9 Å². The van der Waals surface area contributed by atoms with Gasteiger partial charge in [-0.15, -0.1) is 0 Å². The quantitative estimate of drug-likeness (QED) is 0.524. The van der Waals surface area contributed by atoms with Gasteiger partial charge >= 0.3 is 0 Å². The summed E-state index contributed by atoms with van der Waals surface area (Å²) in [5.74, 6) is 0.211. The number of rotatable bonds is 4. The van der Waals surface area contributed by atoms with Crippen molar-refractivity contribution in [1.82, 2.24) is 0 Å². The number of hydrogen-bond donors (Lipinski definition) is 0. The summed E-state index contributed by atoms with van der Waals surface area (Å²) in [6, 6.07) is 21.1. The van der Waals surface area contributed by atoms with Crippen LogP contribution in [0, 0.1) is 20.8 Å². The third kappa shape index (κ3) is 4.05. The van der Waals surface area contributed by atoms with E-state index in [-0.39, 0.29) is 18.4 Å². The molecule has 0 radical (unpaired) electrons. The molecule has 164 valence electrons. The van der Waals surface area contributed by atoms with Crippen molar-refractivity contribution in [1.29, 1.82) is 0 Å². The molecule has 4 heteroatoms. The van der Waals surface area contributed by atoms with Gasteiger partial charge in [0, 0.05) is 11.4 Å². The number of nitrogens with zero attached hydrogens (tertiary/aromatic N) is 2. The first kappa shape index (κ1) is 21.8. The van der Waals surface area contributed by atoms with E-state index in [0.717, 1.165) is 33.6 Å². The minimum Gasteiger partial charge on any atom is -0.301 e. The van der Waals surface area contributed by atoms with Crippen LogP contribution in [-0.2, 0) is 9.59 Å². The molecule has 4 rings (SSSR count). The molecule has 1 fully saturated rings. The van der Waals surface area contributed by atoms with Crippen molar-refractivity contribution in [3.8, 4) is 0 Å². The summed E-state index contributed by atoms with van der Waals surface area (Å²) < 4.78 is 0. The van der Waals surface area contributed by atoms with Gasteiger partial charge in [-0.2, -0.15) is 0 Å². The van der Waals surface area contributed by atoms with Crippen LogP contribution in [0.4, 0.5) is 11.4 Å². The molecular weight excluding hydrogens is 396 g/mol. The van der Waals surface area contributed by atoms with Gasteiger partial charge in [0.25, 0.3) is 5.91 Å². The van der Waals surface area contributed by atoms with Crippen LogP contribution in [0.1, 0.15) is 53.6 Å². The largest absolute Gasteiger partial charge is 0.301 e. The monoisotopic (exact) mass is 426 g/mol.